The number of nitrogens with zero attached hydrogens (tertiary/aromatic N) is 1. The van der Waals surface area contributed by atoms with Crippen molar-refractivity contribution in [1.82, 2.24) is 9.97 Å². The zero-order chi connectivity index (χ0) is 17.4. The first-order chi connectivity index (χ1) is 12.1. The molecule has 1 atom stereocenters. The number of benzene rings is 2. The summed E-state index contributed by atoms with van der Waals surface area (Å²) in [5.41, 5.74) is 3.13. The highest BCUT2D eigenvalue weighted by atomic mass is 32.2. The Morgan fingerprint density at radius 3 is 2.60 bits per heavy atom. The Balaban J connectivity index is 1.53. The minimum Gasteiger partial charge on any atom is -0.342 e. The molecule has 0 saturated heterocycles. The molecule has 1 fully saturated rings. The van der Waals surface area contributed by atoms with Crippen LogP contribution in [0, 0.1) is 0 Å². The molecule has 1 aromatic heterocycles. The second-order valence-corrected chi connectivity index (χ2v) is 7.79. The number of carbonyl (C=O) groups is 1. The minimum absolute atomic E-state index is 0.188. The zero-order valence-electron chi connectivity index (χ0n) is 13.9. The number of aromatic amines is 1. The molecule has 1 unspecified atom stereocenters. The van der Waals surface area contributed by atoms with E-state index in [0.717, 1.165) is 22.5 Å². The van der Waals surface area contributed by atoms with E-state index in [1.54, 1.807) is 30.5 Å². The lowest BCUT2D eigenvalue weighted by molar-refractivity contribution is 0.102. The van der Waals surface area contributed by atoms with Gasteiger partial charge < -0.3 is 10.3 Å². The van der Waals surface area contributed by atoms with Crippen molar-refractivity contribution < 1.29 is 9.00 Å². The molecular weight excluding hydrogens is 334 g/mol. The quantitative estimate of drug-likeness (QED) is 0.749. The van der Waals surface area contributed by atoms with E-state index >= 15 is 0 Å². The summed E-state index contributed by atoms with van der Waals surface area (Å²) in [5, 5.41) is 2.90. The third-order valence-corrected chi connectivity index (χ3v) is 5.63. The molecule has 5 nitrogen and oxygen atoms in total. The maximum absolute atomic E-state index is 12.4. The van der Waals surface area contributed by atoms with E-state index in [0.29, 0.717) is 16.4 Å². The van der Waals surface area contributed by atoms with E-state index in [1.165, 1.54) is 19.3 Å². The Kier molecular flexibility index (Phi) is 4.13. The van der Waals surface area contributed by atoms with Crippen LogP contribution in [0.25, 0.3) is 11.0 Å². The number of anilines is 1. The van der Waals surface area contributed by atoms with Crippen molar-refractivity contribution in [2.24, 2.45) is 0 Å². The van der Waals surface area contributed by atoms with Gasteiger partial charge in [0.1, 0.15) is 5.82 Å². The topological polar surface area (TPSA) is 74.8 Å². The summed E-state index contributed by atoms with van der Waals surface area (Å²) < 4.78 is 11.4. The van der Waals surface area contributed by atoms with E-state index in [-0.39, 0.29) is 5.91 Å². The van der Waals surface area contributed by atoms with Crippen LogP contribution in [0.15, 0.2) is 47.4 Å². The molecule has 25 heavy (non-hydrogen) atoms. The van der Waals surface area contributed by atoms with Gasteiger partial charge >= 0.3 is 0 Å². The van der Waals surface area contributed by atoms with Crippen LogP contribution in [0.4, 0.5) is 5.69 Å². The van der Waals surface area contributed by atoms with E-state index in [1.807, 2.05) is 18.2 Å². The fourth-order valence-corrected chi connectivity index (χ4v) is 3.50. The van der Waals surface area contributed by atoms with Gasteiger partial charge in [0.15, 0.2) is 0 Å². The maximum Gasteiger partial charge on any atom is 0.255 e. The number of aromatic nitrogens is 2. The SMILES string of the molecule is CS(=O)c1ccc(C(=O)Nc2ccc3nc(C4CCC4)[nH]c3c2)cc1. The Hall–Kier alpha value is -2.47. The molecule has 1 saturated carbocycles. The predicted molar refractivity (Wildman–Crippen MR) is 99.4 cm³/mol. The first-order valence-electron chi connectivity index (χ1n) is 8.34. The zero-order valence-corrected chi connectivity index (χ0v) is 14.7. The molecule has 128 valence electrons. The average molecular weight is 353 g/mol. The largest absolute Gasteiger partial charge is 0.342 e. The summed E-state index contributed by atoms with van der Waals surface area (Å²) in [6.07, 6.45) is 5.28. The second kappa shape index (κ2) is 6.44. The maximum atomic E-state index is 12.4. The number of fused-ring (bicyclic) bond motifs is 1. The van der Waals surface area contributed by atoms with Crippen LogP contribution in [0.1, 0.15) is 41.4 Å². The van der Waals surface area contributed by atoms with Crippen molar-refractivity contribution >= 4 is 33.4 Å². The van der Waals surface area contributed by atoms with Crippen molar-refractivity contribution in [3.05, 3.63) is 53.9 Å². The second-order valence-electron chi connectivity index (χ2n) is 6.41. The van der Waals surface area contributed by atoms with Crippen molar-refractivity contribution in [2.45, 2.75) is 30.1 Å². The van der Waals surface area contributed by atoms with Crippen LogP contribution in [-0.2, 0) is 10.8 Å². The Morgan fingerprint density at radius 1 is 1.20 bits per heavy atom. The number of H-pyrrole nitrogens is 1. The molecule has 1 amide bonds. The van der Waals surface area contributed by atoms with Crippen LogP contribution in [-0.4, -0.2) is 26.3 Å². The van der Waals surface area contributed by atoms with Crippen LogP contribution < -0.4 is 5.32 Å². The number of rotatable bonds is 4. The molecule has 0 radical (unpaired) electrons. The number of hydrogen-bond acceptors (Lipinski definition) is 3. The van der Waals surface area contributed by atoms with Gasteiger partial charge in [0, 0.05) is 39.1 Å². The molecular formula is C19H19N3O2S. The summed E-state index contributed by atoms with van der Waals surface area (Å²) in [7, 11) is -1.04. The highest BCUT2D eigenvalue weighted by Crippen LogP contribution is 2.35. The molecule has 0 aliphatic heterocycles. The van der Waals surface area contributed by atoms with Crippen molar-refractivity contribution in [3.63, 3.8) is 0 Å². The van der Waals surface area contributed by atoms with Gasteiger partial charge in [0.05, 0.1) is 11.0 Å². The van der Waals surface area contributed by atoms with Gasteiger partial charge in [-0.05, 0) is 55.3 Å². The van der Waals surface area contributed by atoms with Crippen LogP contribution >= 0.6 is 0 Å². The average Bonchev–Trinajstić information content (AvgIpc) is 2.95. The normalized spacial score (nSPS) is 15.7. The Bertz CT molecular complexity index is 958. The van der Waals surface area contributed by atoms with Gasteiger partial charge in [-0.15, -0.1) is 0 Å². The fraction of sp³-hybridized carbons (Fsp3) is 0.263. The number of amides is 1. The molecule has 4 rings (SSSR count). The molecule has 0 bridgehead atoms. The van der Waals surface area contributed by atoms with Crippen LogP contribution in [0.5, 0.6) is 0 Å². The summed E-state index contributed by atoms with van der Waals surface area (Å²) in [5.74, 6) is 1.41. The van der Waals surface area contributed by atoms with Crippen molar-refractivity contribution in [3.8, 4) is 0 Å². The standard InChI is InChI=1S/C19H19N3O2S/c1-25(24)15-8-5-13(6-9-15)19(23)20-14-7-10-16-17(11-14)22-18(21-16)12-3-2-4-12/h5-12H,2-4H2,1H3,(H,20,23)(H,21,22). The van der Waals surface area contributed by atoms with Gasteiger partial charge in [-0.25, -0.2) is 4.98 Å². The minimum atomic E-state index is -1.04. The van der Waals surface area contributed by atoms with E-state index in [9.17, 15) is 9.00 Å². The third-order valence-electron chi connectivity index (χ3n) is 4.70. The molecule has 3 aromatic rings. The lowest BCUT2D eigenvalue weighted by Gasteiger charge is -2.22. The summed E-state index contributed by atoms with van der Waals surface area (Å²) >= 11 is 0. The number of hydrogen-bond donors (Lipinski definition) is 2. The van der Waals surface area contributed by atoms with Crippen molar-refractivity contribution in [1.29, 1.82) is 0 Å². The number of carbonyl (C=O) groups excluding carboxylic acids is 1. The van der Waals surface area contributed by atoms with E-state index in [2.05, 4.69) is 15.3 Å². The molecule has 6 heteroatoms. The van der Waals surface area contributed by atoms with Gasteiger partial charge in [-0.1, -0.05) is 6.42 Å². The first kappa shape index (κ1) is 16.0. The fourth-order valence-electron chi connectivity index (χ4n) is 2.98. The Labute approximate surface area is 148 Å². The van der Waals surface area contributed by atoms with Crippen LogP contribution in [0.3, 0.4) is 0 Å². The monoisotopic (exact) mass is 353 g/mol. The number of nitrogens with one attached hydrogen (secondary N) is 2. The summed E-state index contributed by atoms with van der Waals surface area (Å²) in [6, 6.07) is 12.5. The molecule has 1 aliphatic rings. The lowest BCUT2D eigenvalue weighted by atomic mass is 9.85. The van der Waals surface area contributed by atoms with Crippen molar-refractivity contribution in [2.75, 3.05) is 11.6 Å². The molecule has 2 N–H and O–H groups in total. The molecule has 1 aliphatic carbocycles. The number of imidazole rings is 1. The van der Waals surface area contributed by atoms with E-state index in [4.69, 9.17) is 0 Å². The highest BCUT2D eigenvalue weighted by Gasteiger charge is 2.22. The predicted octanol–water partition coefficient (Wildman–Crippen LogP) is 3.82. The highest BCUT2D eigenvalue weighted by molar-refractivity contribution is 7.84. The lowest BCUT2D eigenvalue weighted by Crippen LogP contribution is -2.11. The molecule has 1 heterocycles. The first-order valence-corrected chi connectivity index (χ1v) is 9.90. The van der Waals surface area contributed by atoms with Gasteiger partial charge in [-0.2, -0.15) is 0 Å². The third kappa shape index (κ3) is 3.22. The Morgan fingerprint density at radius 2 is 1.96 bits per heavy atom. The summed E-state index contributed by atoms with van der Waals surface area (Å²) in [6.45, 7) is 0. The summed E-state index contributed by atoms with van der Waals surface area (Å²) in [4.78, 5) is 21.1. The molecule has 2 aromatic carbocycles. The van der Waals surface area contributed by atoms with Gasteiger partial charge in [0.25, 0.3) is 5.91 Å². The van der Waals surface area contributed by atoms with E-state index < -0.39 is 10.8 Å². The molecule has 0 spiro atoms. The van der Waals surface area contributed by atoms with Crippen LogP contribution in [0.2, 0.25) is 0 Å². The van der Waals surface area contributed by atoms with Gasteiger partial charge in [0.2, 0.25) is 0 Å². The smallest absolute Gasteiger partial charge is 0.255 e. The van der Waals surface area contributed by atoms with Gasteiger partial charge in [-0.3, -0.25) is 9.00 Å².